The lowest BCUT2D eigenvalue weighted by Crippen LogP contribution is -2.35. The maximum Gasteiger partial charge on any atom is 0.183 e. The summed E-state index contributed by atoms with van der Waals surface area (Å²) in [6.07, 6.45) is 0. The highest BCUT2D eigenvalue weighted by molar-refractivity contribution is 7.92. The SMILES string of the molecule is COC[C@]1(N)[C@H](c2cccc(Cl)c2)[C@@H]1S(=O)(=O)c1ccc(Cl)cc1. The molecule has 0 saturated heterocycles. The number of nitrogens with two attached hydrogens (primary N) is 1. The first-order valence-corrected chi connectivity index (χ1v) is 9.63. The Hall–Kier alpha value is -1.11. The van der Waals surface area contributed by atoms with E-state index >= 15 is 0 Å². The Morgan fingerprint density at radius 2 is 1.79 bits per heavy atom. The molecule has 0 amide bonds. The van der Waals surface area contributed by atoms with E-state index < -0.39 is 20.6 Å². The molecule has 24 heavy (non-hydrogen) atoms. The monoisotopic (exact) mass is 385 g/mol. The molecule has 0 radical (unpaired) electrons. The first-order valence-electron chi connectivity index (χ1n) is 7.33. The second kappa shape index (κ2) is 6.32. The molecule has 7 heteroatoms. The van der Waals surface area contributed by atoms with Crippen LogP contribution in [-0.2, 0) is 14.6 Å². The number of hydrogen-bond acceptors (Lipinski definition) is 4. The van der Waals surface area contributed by atoms with E-state index in [9.17, 15) is 8.42 Å². The van der Waals surface area contributed by atoms with Gasteiger partial charge >= 0.3 is 0 Å². The third-order valence-corrected chi connectivity index (χ3v) is 7.18. The minimum absolute atomic E-state index is 0.141. The summed E-state index contributed by atoms with van der Waals surface area (Å²) >= 11 is 11.9. The zero-order chi connectivity index (χ0) is 17.5. The third-order valence-electron chi connectivity index (χ3n) is 4.38. The van der Waals surface area contributed by atoms with Gasteiger partial charge in [0.25, 0.3) is 0 Å². The van der Waals surface area contributed by atoms with E-state index in [1.54, 1.807) is 30.3 Å². The van der Waals surface area contributed by atoms with Crippen LogP contribution in [0.25, 0.3) is 0 Å². The normalized spacial score (nSPS) is 26.3. The molecule has 0 bridgehead atoms. The molecule has 3 rings (SSSR count). The fourth-order valence-corrected chi connectivity index (χ4v) is 5.88. The second-order valence-electron chi connectivity index (χ2n) is 6.00. The van der Waals surface area contributed by atoms with Gasteiger partial charge in [0.15, 0.2) is 9.84 Å². The molecule has 0 unspecified atom stereocenters. The number of benzene rings is 2. The molecular weight excluding hydrogens is 369 g/mol. The molecule has 0 aromatic heterocycles. The number of rotatable bonds is 5. The third kappa shape index (κ3) is 2.95. The van der Waals surface area contributed by atoms with Crippen molar-refractivity contribution >= 4 is 33.0 Å². The van der Waals surface area contributed by atoms with Crippen molar-refractivity contribution in [2.75, 3.05) is 13.7 Å². The van der Waals surface area contributed by atoms with E-state index in [0.29, 0.717) is 10.0 Å². The van der Waals surface area contributed by atoms with Crippen LogP contribution in [0.1, 0.15) is 11.5 Å². The number of methoxy groups -OCH3 is 1. The van der Waals surface area contributed by atoms with Gasteiger partial charge < -0.3 is 10.5 Å². The molecule has 0 heterocycles. The first-order chi connectivity index (χ1) is 11.3. The maximum atomic E-state index is 13.1. The molecule has 0 aliphatic heterocycles. The minimum Gasteiger partial charge on any atom is -0.383 e. The maximum absolute atomic E-state index is 13.1. The van der Waals surface area contributed by atoms with Gasteiger partial charge in [-0.15, -0.1) is 0 Å². The summed E-state index contributed by atoms with van der Waals surface area (Å²) in [5.41, 5.74) is 6.22. The van der Waals surface area contributed by atoms with Crippen molar-refractivity contribution in [3.05, 3.63) is 64.1 Å². The second-order valence-corrected chi connectivity index (χ2v) is 8.94. The van der Waals surface area contributed by atoms with Gasteiger partial charge in [0.1, 0.15) is 0 Å². The molecule has 4 nitrogen and oxygen atoms in total. The summed E-state index contributed by atoms with van der Waals surface area (Å²) in [4.78, 5) is 0.201. The molecule has 128 valence electrons. The highest BCUT2D eigenvalue weighted by atomic mass is 35.5. The lowest BCUT2D eigenvalue weighted by atomic mass is 10.1. The summed E-state index contributed by atoms with van der Waals surface area (Å²) < 4.78 is 31.3. The molecule has 1 saturated carbocycles. The average Bonchev–Trinajstić information content (AvgIpc) is 3.14. The van der Waals surface area contributed by atoms with Gasteiger partial charge in [-0.3, -0.25) is 0 Å². The molecule has 2 aromatic carbocycles. The molecule has 2 aromatic rings. The minimum atomic E-state index is -3.63. The van der Waals surface area contributed by atoms with Crippen LogP contribution >= 0.6 is 23.2 Å². The lowest BCUT2D eigenvalue weighted by molar-refractivity contribution is 0.171. The van der Waals surface area contributed by atoms with Gasteiger partial charge in [0, 0.05) is 23.1 Å². The largest absolute Gasteiger partial charge is 0.383 e. The van der Waals surface area contributed by atoms with Crippen molar-refractivity contribution in [1.29, 1.82) is 0 Å². The Morgan fingerprint density at radius 1 is 1.12 bits per heavy atom. The first kappa shape index (κ1) is 17.7. The van der Waals surface area contributed by atoms with E-state index in [1.165, 1.54) is 19.2 Å². The standard InChI is InChI=1S/C17H17Cl2NO3S/c1-23-10-17(20)15(11-3-2-4-13(19)9-11)16(17)24(21,22)14-7-5-12(18)6-8-14/h2-9,15-16H,10,20H2,1H3/t15-,16+,17+/m1/s1. The van der Waals surface area contributed by atoms with Crippen molar-refractivity contribution in [3.8, 4) is 0 Å². The highest BCUT2D eigenvalue weighted by Crippen LogP contribution is 2.56. The fraction of sp³-hybridized carbons (Fsp3) is 0.294. The van der Waals surface area contributed by atoms with E-state index in [2.05, 4.69) is 0 Å². The summed E-state index contributed by atoms with van der Waals surface area (Å²) in [5.74, 6) is -0.378. The Bertz CT molecular complexity index is 854. The number of halogens is 2. The van der Waals surface area contributed by atoms with Crippen molar-refractivity contribution in [1.82, 2.24) is 0 Å². The molecule has 1 aliphatic rings. The van der Waals surface area contributed by atoms with Crippen LogP contribution in [0.4, 0.5) is 0 Å². The zero-order valence-corrected chi connectivity index (χ0v) is 15.3. The lowest BCUT2D eigenvalue weighted by Gasteiger charge is -2.11. The van der Waals surface area contributed by atoms with Gasteiger partial charge in [-0.05, 0) is 42.0 Å². The summed E-state index contributed by atoms with van der Waals surface area (Å²) in [5, 5.41) is 0.249. The molecule has 1 fully saturated rings. The van der Waals surface area contributed by atoms with Crippen molar-refractivity contribution < 1.29 is 13.2 Å². The van der Waals surface area contributed by atoms with Crippen molar-refractivity contribution in [3.63, 3.8) is 0 Å². The van der Waals surface area contributed by atoms with Gasteiger partial charge in [0.05, 0.1) is 22.3 Å². The highest BCUT2D eigenvalue weighted by Gasteiger charge is 2.69. The van der Waals surface area contributed by atoms with E-state index in [4.69, 9.17) is 33.7 Å². The number of ether oxygens (including phenoxy) is 1. The Morgan fingerprint density at radius 3 is 2.38 bits per heavy atom. The predicted molar refractivity (Wildman–Crippen MR) is 95.4 cm³/mol. The molecule has 3 atom stereocenters. The topological polar surface area (TPSA) is 69.4 Å². The van der Waals surface area contributed by atoms with Crippen LogP contribution in [0.3, 0.4) is 0 Å². The van der Waals surface area contributed by atoms with Gasteiger partial charge in [0.2, 0.25) is 0 Å². The summed E-state index contributed by atoms with van der Waals surface area (Å²) in [6.45, 7) is 0.141. The van der Waals surface area contributed by atoms with Crippen LogP contribution in [0, 0.1) is 0 Å². The molecular formula is C17H17Cl2NO3S. The summed E-state index contributed by atoms with van der Waals surface area (Å²) in [7, 11) is -2.12. The Balaban J connectivity index is 2.03. The quantitative estimate of drug-likeness (QED) is 0.856. The van der Waals surface area contributed by atoms with Gasteiger partial charge in [-0.2, -0.15) is 0 Å². The average molecular weight is 386 g/mol. The predicted octanol–water partition coefficient (Wildman–Crippen LogP) is 3.28. The Kier molecular flexibility index (Phi) is 4.66. The van der Waals surface area contributed by atoms with Crippen LogP contribution in [0.5, 0.6) is 0 Å². The summed E-state index contributed by atoms with van der Waals surface area (Å²) in [6, 6.07) is 13.2. The van der Waals surface area contributed by atoms with Crippen LogP contribution in [0.15, 0.2) is 53.4 Å². The smallest absolute Gasteiger partial charge is 0.183 e. The molecule has 0 spiro atoms. The molecule has 2 N–H and O–H groups in total. The fourth-order valence-electron chi connectivity index (χ4n) is 3.27. The molecule has 1 aliphatic carbocycles. The van der Waals surface area contributed by atoms with E-state index in [0.717, 1.165) is 5.56 Å². The van der Waals surface area contributed by atoms with E-state index in [1.807, 2.05) is 6.07 Å². The van der Waals surface area contributed by atoms with Crippen molar-refractivity contribution in [2.45, 2.75) is 21.6 Å². The van der Waals surface area contributed by atoms with Gasteiger partial charge in [-0.1, -0.05) is 35.3 Å². The Labute approximate surface area is 151 Å². The van der Waals surface area contributed by atoms with Gasteiger partial charge in [-0.25, -0.2) is 8.42 Å². The van der Waals surface area contributed by atoms with Crippen LogP contribution < -0.4 is 5.73 Å². The zero-order valence-electron chi connectivity index (χ0n) is 12.9. The number of sulfone groups is 1. The van der Waals surface area contributed by atoms with Crippen LogP contribution in [0.2, 0.25) is 10.0 Å². The van der Waals surface area contributed by atoms with Crippen LogP contribution in [-0.4, -0.2) is 32.9 Å². The van der Waals surface area contributed by atoms with Crippen molar-refractivity contribution in [2.24, 2.45) is 5.73 Å². The van der Waals surface area contributed by atoms with E-state index in [-0.39, 0.29) is 17.4 Å². The number of hydrogen-bond donors (Lipinski definition) is 1.